The molecule has 2 aliphatic rings. The van der Waals surface area contributed by atoms with Crippen LogP contribution >= 0.6 is 11.6 Å². The van der Waals surface area contributed by atoms with Crippen LogP contribution in [0.2, 0.25) is 5.02 Å². The number of hydrogen-bond donors (Lipinski definition) is 0. The summed E-state index contributed by atoms with van der Waals surface area (Å²) in [6, 6.07) is 4.59. The monoisotopic (exact) mass is 504 g/mol. The standard InChI is InChI=1S/C22H28ClF3N4O2S/c1-28-12-19(27-15-28)13-30-20(8-6-16-4-2-3-5-16)14-29(33(31,32)22(24,25)26)11-17-10-18(23)7-9-21(17)30/h7,9-10,12,15-16,20H,2-6,8,11,13-14H2,1H3/t20-/m0/s1. The molecular formula is C22H28ClF3N4O2S. The van der Waals surface area contributed by atoms with Crippen molar-refractivity contribution < 1.29 is 21.6 Å². The van der Waals surface area contributed by atoms with E-state index >= 15 is 0 Å². The molecule has 11 heteroatoms. The van der Waals surface area contributed by atoms with Gasteiger partial charge in [0.1, 0.15) is 0 Å². The maximum atomic E-state index is 13.5. The van der Waals surface area contributed by atoms with Crippen LogP contribution in [0, 0.1) is 5.92 Å². The van der Waals surface area contributed by atoms with Crippen LogP contribution in [0.4, 0.5) is 18.9 Å². The highest BCUT2D eigenvalue weighted by molar-refractivity contribution is 7.89. The van der Waals surface area contributed by atoms with Gasteiger partial charge in [-0.2, -0.15) is 17.5 Å². The van der Waals surface area contributed by atoms with Crippen molar-refractivity contribution in [2.75, 3.05) is 11.4 Å². The van der Waals surface area contributed by atoms with E-state index in [2.05, 4.69) is 4.98 Å². The summed E-state index contributed by atoms with van der Waals surface area (Å²) in [4.78, 5) is 6.40. The van der Waals surface area contributed by atoms with Gasteiger partial charge in [0.15, 0.2) is 0 Å². The first-order valence-corrected chi connectivity index (χ1v) is 12.9. The average molecular weight is 505 g/mol. The normalized spacial score (nSPS) is 20.8. The van der Waals surface area contributed by atoms with Crippen molar-refractivity contribution in [3.63, 3.8) is 0 Å². The van der Waals surface area contributed by atoms with E-state index in [0.717, 1.165) is 25.0 Å². The first kappa shape index (κ1) is 24.3. The molecule has 0 unspecified atom stereocenters. The van der Waals surface area contributed by atoms with Gasteiger partial charge in [-0.3, -0.25) is 0 Å². The van der Waals surface area contributed by atoms with E-state index in [1.54, 1.807) is 24.5 Å². The Balaban J connectivity index is 1.74. The van der Waals surface area contributed by atoms with E-state index in [1.165, 1.54) is 12.8 Å². The number of anilines is 1. The van der Waals surface area contributed by atoms with Gasteiger partial charge >= 0.3 is 15.5 Å². The lowest BCUT2D eigenvalue weighted by atomic mass is 9.97. The topological polar surface area (TPSA) is 58.4 Å². The fraction of sp³-hybridized carbons (Fsp3) is 0.591. The molecule has 0 amide bonds. The molecule has 6 nitrogen and oxygen atoms in total. The van der Waals surface area contributed by atoms with Crippen molar-refractivity contribution in [2.45, 2.75) is 63.2 Å². The Bertz CT molecular complexity index is 1080. The van der Waals surface area contributed by atoms with Gasteiger partial charge in [0.2, 0.25) is 0 Å². The molecule has 0 N–H and O–H groups in total. The molecule has 0 spiro atoms. The zero-order valence-corrected chi connectivity index (χ0v) is 20.0. The van der Waals surface area contributed by atoms with Crippen molar-refractivity contribution in [1.29, 1.82) is 0 Å². The SMILES string of the molecule is Cn1cnc(CN2c3ccc(Cl)cc3CN(S(=O)(=O)C(F)(F)F)C[C@@H]2CCC2CCCC2)c1. The molecule has 4 rings (SSSR count). The molecule has 0 bridgehead atoms. The van der Waals surface area contributed by atoms with Crippen molar-refractivity contribution in [3.8, 4) is 0 Å². The summed E-state index contributed by atoms with van der Waals surface area (Å²) >= 11 is 6.15. The van der Waals surface area contributed by atoms with Crippen LogP contribution in [0.25, 0.3) is 0 Å². The second kappa shape index (κ2) is 9.46. The highest BCUT2D eigenvalue weighted by atomic mass is 35.5. The number of aromatic nitrogens is 2. The van der Waals surface area contributed by atoms with Crippen LogP contribution in [0.5, 0.6) is 0 Å². The van der Waals surface area contributed by atoms with Gasteiger partial charge in [-0.25, -0.2) is 13.4 Å². The van der Waals surface area contributed by atoms with Crippen LogP contribution in [-0.4, -0.2) is 40.4 Å². The summed E-state index contributed by atoms with van der Waals surface area (Å²) in [5.41, 5.74) is -3.45. The Morgan fingerprint density at radius 3 is 2.55 bits per heavy atom. The summed E-state index contributed by atoms with van der Waals surface area (Å²) in [7, 11) is -3.65. The van der Waals surface area contributed by atoms with E-state index < -0.39 is 21.6 Å². The highest BCUT2D eigenvalue weighted by Gasteiger charge is 2.51. The second-order valence-corrected chi connectivity index (χ2v) is 11.4. The number of fused-ring (bicyclic) bond motifs is 1. The van der Waals surface area contributed by atoms with Gasteiger partial charge in [0.05, 0.1) is 18.6 Å². The van der Waals surface area contributed by atoms with Crippen molar-refractivity contribution in [1.82, 2.24) is 13.9 Å². The lowest BCUT2D eigenvalue weighted by molar-refractivity contribution is -0.0492. The molecular weight excluding hydrogens is 477 g/mol. The Kier molecular flexibility index (Phi) is 6.98. The smallest absolute Gasteiger partial charge is 0.361 e. The summed E-state index contributed by atoms with van der Waals surface area (Å²) < 4.78 is 67.9. The molecule has 1 aliphatic carbocycles. The predicted molar refractivity (Wildman–Crippen MR) is 121 cm³/mol. The van der Waals surface area contributed by atoms with Crippen LogP contribution in [0.3, 0.4) is 0 Å². The fourth-order valence-corrected chi connectivity index (χ4v) is 6.15. The Morgan fingerprint density at radius 1 is 1.18 bits per heavy atom. The zero-order chi connectivity index (χ0) is 23.8. The fourth-order valence-electron chi connectivity index (χ4n) is 4.99. The molecule has 2 heterocycles. The second-order valence-electron chi connectivity index (χ2n) is 9.06. The van der Waals surface area contributed by atoms with Gasteiger partial charge in [0.25, 0.3) is 0 Å². The Labute approximate surface area is 197 Å². The first-order chi connectivity index (χ1) is 15.5. The van der Waals surface area contributed by atoms with Crippen molar-refractivity contribution >= 4 is 27.3 Å². The van der Waals surface area contributed by atoms with E-state index in [1.807, 2.05) is 22.7 Å². The summed E-state index contributed by atoms with van der Waals surface area (Å²) in [6.45, 7) is -0.255. The molecule has 1 aromatic heterocycles. The quantitative estimate of drug-likeness (QED) is 0.550. The number of aryl methyl sites for hydroxylation is 1. The number of nitrogens with zero attached hydrogens (tertiary/aromatic N) is 4. The van der Waals surface area contributed by atoms with E-state index in [4.69, 9.17) is 11.6 Å². The molecule has 1 aromatic carbocycles. The lowest BCUT2D eigenvalue weighted by Gasteiger charge is -2.34. The minimum Gasteiger partial charge on any atom is -0.361 e. The Morgan fingerprint density at radius 2 is 1.91 bits per heavy atom. The number of alkyl halides is 3. The van der Waals surface area contributed by atoms with Crippen LogP contribution in [0.15, 0.2) is 30.7 Å². The highest BCUT2D eigenvalue weighted by Crippen LogP contribution is 2.38. The number of hydrogen-bond acceptors (Lipinski definition) is 4. The third kappa shape index (κ3) is 5.33. The lowest BCUT2D eigenvalue weighted by Crippen LogP contribution is -2.47. The summed E-state index contributed by atoms with van der Waals surface area (Å²) in [5.74, 6) is 0.530. The van der Waals surface area contributed by atoms with E-state index in [-0.39, 0.29) is 13.1 Å². The van der Waals surface area contributed by atoms with Crippen LogP contribution < -0.4 is 4.90 Å². The van der Waals surface area contributed by atoms with Gasteiger partial charge in [-0.05, 0) is 42.5 Å². The minimum atomic E-state index is -5.50. The van der Waals surface area contributed by atoms with Crippen LogP contribution in [0.1, 0.15) is 49.8 Å². The molecule has 1 atom stereocenters. The molecule has 182 valence electrons. The zero-order valence-electron chi connectivity index (χ0n) is 18.4. The molecule has 0 radical (unpaired) electrons. The Hall–Kier alpha value is -1.78. The van der Waals surface area contributed by atoms with E-state index in [9.17, 15) is 21.6 Å². The number of sulfonamides is 1. The summed E-state index contributed by atoms with van der Waals surface area (Å²) in [5, 5.41) is 0.347. The van der Waals surface area contributed by atoms with E-state index in [0.29, 0.717) is 39.5 Å². The molecule has 1 saturated carbocycles. The largest absolute Gasteiger partial charge is 0.511 e. The molecule has 33 heavy (non-hydrogen) atoms. The third-order valence-electron chi connectivity index (χ3n) is 6.66. The predicted octanol–water partition coefficient (Wildman–Crippen LogP) is 5.08. The minimum absolute atomic E-state index is 0.242. The summed E-state index contributed by atoms with van der Waals surface area (Å²) in [6.07, 6.45) is 9.55. The maximum Gasteiger partial charge on any atom is 0.511 e. The molecule has 0 saturated heterocycles. The van der Waals surface area contributed by atoms with Gasteiger partial charge in [-0.15, -0.1) is 0 Å². The molecule has 1 fully saturated rings. The van der Waals surface area contributed by atoms with Gasteiger partial charge in [-0.1, -0.05) is 37.3 Å². The average Bonchev–Trinajstić information content (AvgIpc) is 3.36. The number of benzene rings is 1. The molecule has 2 aromatic rings. The first-order valence-electron chi connectivity index (χ1n) is 11.1. The molecule has 1 aliphatic heterocycles. The number of imidazole rings is 1. The van der Waals surface area contributed by atoms with Gasteiger partial charge in [0, 0.05) is 43.1 Å². The number of halogens is 4. The third-order valence-corrected chi connectivity index (χ3v) is 8.44. The number of rotatable bonds is 6. The van der Waals surface area contributed by atoms with Crippen molar-refractivity contribution in [2.24, 2.45) is 13.0 Å². The van der Waals surface area contributed by atoms with Crippen molar-refractivity contribution in [3.05, 3.63) is 47.0 Å². The maximum absolute atomic E-state index is 13.5. The van der Waals surface area contributed by atoms with Gasteiger partial charge < -0.3 is 9.47 Å². The van der Waals surface area contributed by atoms with Crippen LogP contribution in [-0.2, 0) is 30.2 Å².